The Morgan fingerprint density at radius 2 is 1.75 bits per heavy atom. The van der Waals surface area contributed by atoms with Gasteiger partial charge in [0.1, 0.15) is 5.82 Å². The van der Waals surface area contributed by atoms with Crippen molar-refractivity contribution in [2.24, 2.45) is 0 Å². The zero-order valence-corrected chi connectivity index (χ0v) is 17.2. The highest BCUT2D eigenvalue weighted by Crippen LogP contribution is 2.34. The van der Waals surface area contributed by atoms with Crippen LogP contribution in [0.25, 0.3) is 22.0 Å². The summed E-state index contributed by atoms with van der Waals surface area (Å²) in [6.45, 7) is 0. The van der Waals surface area contributed by atoms with E-state index in [1.165, 1.54) is 0 Å². The van der Waals surface area contributed by atoms with Gasteiger partial charge in [0.15, 0.2) is 0 Å². The van der Waals surface area contributed by atoms with E-state index >= 15 is 0 Å². The molecule has 0 aliphatic rings. The quantitative estimate of drug-likeness (QED) is 0.447. The highest BCUT2D eigenvalue weighted by molar-refractivity contribution is 9.10. The number of nitrogen functional groups attached to an aromatic ring is 1. The third-order valence-electron chi connectivity index (χ3n) is 4.50. The fraction of sp³-hybridized carbons (Fsp3) is 0.0909. The lowest BCUT2D eigenvalue weighted by atomic mass is 10.0. The van der Waals surface area contributed by atoms with Crippen molar-refractivity contribution in [1.82, 2.24) is 9.97 Å². The Bertz CT molecular complexity index is 1160. The fourth-order valence-corrected chi connectivity index (χ4v) is 3.62. The summed E-state index contributed by atoms with van der Waals surface area (Å²) in [4.78, 5) is 11.0. The molecule has 140 valence electrons. The molecule has 0 atom stereocenters. The molecule has 0 unspecified atom stereocenters. The molecule has 1 aromatic heterocycles. The lowest BCUT2D eigenvalue weighted by Crippen LogP contribution is -2.09. The second-order valence-corrected chi connectivity index (χ2v) is 7.62. The average molecular weight is 434 g/mol. The minimum Gasteiger partial charge on any atom is -0.377 e. The van der Waals surface area contributed by atoms with Gasteiger partial charge >= 0.3 is 0 Å². The Labute approximate surface area is 172 Å². The number of fused-ring (bicyclic) bond motifs is 1. The molecule has 0 aliphatic heterocycles. The number of rotatable bonds is 4. The molecule has 0 saturated carbocycles. The minimum atomic E-state index is 0.242. The maximum absolute atomic E-state index is 5.94. The molecular weight excluding hydrogens is 414 g/mol. The molecule has 28 heavy (non-hydrogen) atoms. The molecule has 1 heterocycles. The number of aromatic nitrogens is 2. The number of nitrogens with zero attached hydrogens (tertiary/aromatic N) is 3. The average Bonchev–Trinajstić information content (AvgIpc) is 2.67. The summed E-state index contributed by atoms with van der Waals surface area (Å²) >= 11 is 3.50. The van der Waals surface area contributed by atoms with Gasteiger partial charge in [-0.1, -0.05) is 46.3 Å². The zero-order valence-electron chi connectivity index (χ0n) is 15.6. The number of benzene rings is 3. The van der Waals surface area contributed by atoms with Crippen molar-refractivity contribution in [1.29, 1.82) is 0 Å². The van der Waals surface area contributed by atoms with Crippen molar-refractivity contribution in [2.45, 2.75) is 0 Å². The molecule has 0 fully saturated rings. The van der Waals surface area contributed by atoms with Crippen molar-refractivity contribution in [3.63, 3.8) is 0 Å². The molecule has 0 amide bonds. The number of nitrogens with one attached hydrogen (secondary N) is 1. The number of anilines is 4. The highest BCUT2D eigenvalue weighted by Gasteiger charge is 2.11. The first-order chi connectivity index (χ1) is 13.5. The number of hydrogen-bond acceptors (Lipinski definition) is 5. The second-order valence-electron chi connectivity index (χ2n) is 6.71. The monoisotopic (exact) mass is 433 g/mol. The molecule has 0 spiro atoms. The fourth-order valence-electron chi connectivity index (χ4n) is 3.22. The minimum absolute atomic E-state index is 0.242. The number of halogens is 1. The van der Waals surface area contributed by atoms with E-state index in [1.54, 1.807) is 0 Å². The van der Waals surface area contributed by atoms with E-state index in [1.807, 2.05) is 56.6 Å². The third kappa shape index (κ3) is 3.64. The van der Waals surface area contributed by atoms with Crippen LogP contribution in [0.5, 0.6) is 0 Å². The van der Waals surface area contributed by atoms with E-state index < -0.39 is 0 Å². The van der Waals surface area contributed by atoms with Crippen molar-refractivity contribution in [3.05, 3.63) is 71.2 Å². The van der Waals surface area contributed by atoms with Crippen LogP contribution in [0.3, 0.4) is 0 Å². The topological polar surface area (TPSA) is 67.1 Å². The Balaban J connectivity index is 1.86. The second kappa shape index (κ2) is 7.48. The SMILES string of the molecule is CN(C)c1ccccc1-c1ccc2nc(N)nc(Nc3cccc(Br)c3)c2c1. The van der Waals surface area contributed by atoms with E-state index in [-0.39, 0.29) is 5.95 Å². The standard InChI is InChI=1S/C22H20BrN5/c1-28(2)20-9-4-3-8-17(20)14-10-11-19-18(12-14)21(27-22(24)26-19)25-16-7-5-6-15(23)13-16/h3-13H,1-2H3,(H3,24,25,26,27). The van der Waals surface area contributed by atoms with Gasteiger partial charge in [0.05, 0.1) is 5.52 Å². The van der Waals surface area contributed by atoms with Crippen LogP contribution in [0, 0.1) is 0 Å². The molecule has 0 radical (unpaired) electrons. The van der Waals surface area contributed by atoms with Crippen LogP contribution < -0.4 is 16.0 Å². The first-order valence-electron chi connectivity index (χ1n) is 8.88. The third-order valence-corrected chi connectivity index (χ3v) is 4.99. The molecule has 3 N–H and O–H groups in total. The van der Waals surface area contributed by atoms with Gasteiger partial charge in [-0.2, -0.15) is 4.98 Å². The van der Waals surface area contributed by atoms with Crippen molar-refractivity contribution >= 4 is 50.0 Å². The van der Waals surface area contributed by atoms with Gasteiger partial charge in [-0.3, -0.25) is 0 Å². The Kier molecular flexibility index (Phi) is 4.88. The maximum atomic E-state index is 5.94. The Morgan fingerprint density at radius 1 is 0.929 bits per heavy atom. The van der Waals surface area contributed by atoms with E-state index in [4.69, 9.17) is 5.73 Å². The summed E-state index contributed by atoms with van der Waals surface area (Å²) < 4.78 is 0.990. The largest absolute Gasteiger partial charge is 0.377 e. The van der Waals surface area contributed by atoms with Crippen LogP contribution in [-0.2, 0) is 0 Å². The van der Waals surface area contributed by atoms with Crippen LogP contribution in [0.2, 0.25) is 0 Å². The number of para-hydroxylation sites is 1. The molecule has 3 aromatic carbocycles. The van der Waals surface area contributed by atoms with Crippen LogP contribution in [0.4, 0.5) is 23.1 Å². The summed E-state index contributed by atoms with van der Waals surface area (Å²) in [6.07, 6.45) is 0. The maximum Gasteiger partial charge on any atom is 0.222 e. The van der Waals surface area contributed by atoms with E-state index in [0.717, 1.165) is 37.9 Å². The molecule has 0 bridgehead atoms. The smallest absolute Gasteiger partial charge is 0.222 e. The van der Waals surface area contributed by atoms with Gasteiger partial charge in [0, 0.05) is 40.9 Å². The van der Waals surface area contributed by atoms with Crippen LogP contribution in [0.15, 0.2) is 71.2 Å². The first kappa shape index (κ1) is 18.3. The molecule has 4 rings (SSSR count). The lowest BCUT2D eigenvalue weighted by molar-refractivity contribution is 1.13. The highest BCUT2D eigenvalue weighted by atomic mass is 79.9. The Morgan fingerprint density at radius 3 is 2.54 bits per heavy atom. The van der Waals surface area contributed by atoms with Gasteiger partial charge in [-0.15, -0.1) is 0 Å². The number of hydrogen-bond donors (Lipinski definition) is 2. The molecular formula is C22H20BrN5. The normalized spacial score (nSPS) is 10.8. The van der Waals surface area contributed by atoms with Gasteiger partial charge in [0.25, 0.3) is 0 Å². The van der Waals surface area contributed by atoms with Crippen LogP contribution in [-0.4, -0.2) is 24.1 Å². The number of nitrogens with two attached hydrogens (primary N) is 1. The van der Waals surface area contributed by atoms with E-state index in [9.17, 15) is 0 Å². The van der Waals surface area contributed by atoms with Crippen molar-refractivity contribution in [2.75, 3.05) is 30.0 Å². The first-order valence-corrected chi connectivity index (χ1v) is 9.67. The summed E-state index contributed by atoms with van der Waals surface area (Å²) in [5, 5.41) is 4.29. The van der Waals surface area contributed by atoms with Gasteiger partial charge in [-0.25, -0.2) is 4.98 Å². The molecule has 4 aromatic rings. The van der Waals surface area contributed by atoms with Gasteiger partial charge in [-0.05, 0) is 42.0 Å². The lowest BCUT2D eigenvalue weighted by Gasteiger charge is -2.18. The molecule has 0 saturated heterocycles. The van der Waals surface area contributed by atoms with Gasteiger partial charge < -0.3 is 16.0 Å². The predicted octanol–water partition coefficient (Wildman–Crippen LogP) is 5.45. The summed E-state index contributed by atoms with van der Waals surface area (Å²) in [7, 11) is 4.09. The summed E-state index contributed by atoms with van der Waals surface area (Å²) in [5.41, 5.74) is 11.1. The molecule has 5 nitrogen and oxygen atoms in total. The van der Waals surface area contributed by atoms with Gasteiger partial charge in [0.2, 0.25) is 5.95 Å². The van der Waals surface area contributed by atoms with Crippen molar-refractivity contribution < 1.29 is 0 Å². The molecule has 0 aliphatic carbocycles. The van der Waals surface area contributed by atoms with E-state index in [2.05, 4.69) is 60.4 Å². The summed E-state index contributed by atoms with van der Waals surface area (Å²) in [6, 6.07) is 22.4. The zero-order chi connectivity index (χ0) is 19.7. The predicted molar refractivity (Wildman–Crippen MR) is 121 cm³/mol. The van der Waals surface area contributed by atoms with Crippen LogP contribution in [0.1, 0.15) is 0 Å². The van der Waals surface area contributed by atoms with E-state index in [0.29, 0.717) is 5.82 Å². The Hall–Kier alpha value is -3.12. The summed E-state index contributed by atoms with van der Waals surface area (Å²) in [5.74, 6) is 0.927. The molecule has 6 heteroatoms. The van der Waals surface area contributed by atoms with Crippen molar-refractivity contribution in [3.8, 4) is 11.1 Å². The van der Waals surface area contributed by atoms with Crippen LogP contribution >= 0.6 is 15.9 Å².